The average molecular weight is 252 g/mol. The quantitative estimate of drug-likeness (QED) is 0.882. The van der Waals surface area contributed by atoms with E-state index in [1.54, 1.807) is 30.3 Å². The lowest BCUT2D eigenvalue weighted by Crippen LogP contribution is -2.10. The van der Waals surface area contributed by atoms with Gasteiger partial charge in [-0.2, -0.15) is 0 Å². The van der Waals surface area contributed by atoms with Gasteiger partial charge in [-0.3, -0.25) is 4.79 Å². The van der Waals surface area contributed by atoms with Crippen LogP contribution in [0.2, 0.25) is 5.02 Å². The number of carbonyl (C=O) groups excluding carboxylic acids is 1. The van der Waals surface area contributed by atoms with E-state index < -0.39 is 0 Å². The van der Waals surface area contributed by atoms with E-state index in [-0.39, 0.29) is 18.3 Å². The van der Waals surface area contributed by atoms with Crippen LogP contribution in [-0.4, -0.2) is 11.0 Å². The van der Waals surface area contributed by atoms with Crippen LogP contribution in [-0.2, 0) is 6.61 Å². The summed E-state index contributed by atoms with van der Waals surface area (Å²) in [7, 11) is 0. The normalized spacial score (nSPS) is 10.2. The fraction of sp³-hybridized carbons (Fsp3) is 0.0833. The second kappa shape index (κ2) is 5.03. The summed E-state index contributed by atoms with van der Waals surface area (Å²) in [6, 6.07) is 9.80. The molecule has 0 saturated carbocycles. The molecule has 17 heavy (non-hydrogen) atoms. The number of aliphatic hydroxyl groups excluding tert-OH is 1. The first-order valence-electron chi connectivity index (χ1n) is 4.95. The zero-order valence-electron chi connectivity index (χ0n) is 8.81. The van der Waals surface area contributed by atoms with Gasteiger partial charge in [-0.25, -0.2) is 0 Å². The molecule has 2 aromatic rings. The number of hydrogen-bond donors (Lipinski definition) is 2. The summed E-state index contributed by atoms with van der Waals surface area (Å²) in [5.41, 5.74) is 0.626. The van der Waals surface area contributed by atoms with E-state index in [0.29, 0.717) is 16.5 Å². The monoisotopic (exact) mass is 251 g/mol. The Hall–Kier alpha value is -1.78. The summed E-state index contributed by atoms with van der Waals surface area (Å²) in [5, 5.41) is 12.1. The molecular formula is C12H10ClNO3. The van der Waals surface area contributed by atoms with Gasteiger partial charge in [-0.1, -0.05) is 11.6 Å². The summed E-state index contributed by atoms with van der Waals surface area (Å²) in [4.78, 5) is 11.7. The summed E-state index contributed by atoms with van der Waals surface area (Å²) in [6.07, 6.45) is 0. The van der Waals surface area contributed by atoms with Crippen LogP contribution in [0.3, 0.4) is 0 Å². The molecule has 0 atom stereocenters. The molecule has 0 aliphatic carbocycles. The number of aliphatic hydroxyl groups is 1. The van der Waals surface area contributed by atoms with Gasteiger partial charge < -0.3 is 14.8 Å². The predicted molar refractivity (Wildman–Crippen MR) is 64.0 cm³/mol. The Balaban J connectivity index is 2.08. The Labute approximate surface area is 103 Å². The van der Waals surface area contributed by atoms with Gasteiger partial charge in [-0.15, -0.1) is 0 Å². The zero-order chi connectivity index (χ0) is 12.3. The number of amides is 1. The molecular weight excluding hydrogens is 242 g/mol. The van der Waals surface area contributed by atoms with Crippen molar-refractivity contribution in [1.29, 1.82) is 0 Å². The first-order valence-corrected chi connectivity index (χ1v) is 5.33. The number of hydrogen-bond acceptors (Lipinski definition) is 3. The number of furan rings is 1. The average Bonchev–Trinajstić information content (AvgIpc) is 2.81. The van der Waals surface area contributed by atoms with Gasteiger partial charge in [0.05, 0.1) is 0 Å². The van der Waals surface area contributed by atoms with Crippen molar-refractivity contribution in [2.45, 2.75) is 6.61 Å². The minimum Gasteiger partial charge on any atom is -0.453 e. The van der Waals surface area contributed by atoms with Crippen LogP contribution in [0.25, 0.3) is 0 Å². The molecule has 0 saturated heterocycles. The number of nitrogens with one attached hydrogen (secondary N) is 1. The molecule has 1 heterocycles. The van der Waals surface area contributed by atoms with Crippen LogP contribution in [0.15, 0.2) is 40.8 Å². The van der Waals surface area contributed by atoms with Crippen LogP contribution in [0.1, 0.15) is 16.3 Å². The molecule has 2 N–H and O–H groups in total. The Morgan fingerprint density at radius 1 is 1.24 bits per heavy atom. The van der Waals surface area contributed by atoms with Crippen LogP contribution < -0.4 is 5.32 Å². The van der Waals surface area contributed by atoms with Crippen molar-refractivity contribution in [1.82, 2.24) is 0 Å². The molecule has 4 nitrogen and oxygen atoms in total. The lowest BCUT2D eigenvalue weighted by Gasteiger charge is -2.02. The highest BCUT2D eigenvalue weighted by atomic mass is 35.5. The lowest BCUT2D eigenvalue weighted by molar-refractivity contribution is 0.0992. The maximum atomic E-state index is 11.7. The van der Waals surface area contributed by atoms with E-state index in [2.05, 4.69) is 5.32 Å². The topological polar surface area (TPSA) is 62.5 Å². The van der Waals surface area contributed by atoms with E-state index in [0.717, 1.165) is 0 Å². The van der Waals surface area contributed by atoms with Crippen molar-refractivity contribution in [3.63, 3.8) is 0 Å². The van der Waals surface area contributed by atoms with E-state index in [9.17, 15) is 4.79 Å². The molecule has 1 aromatic heterocycles. The Morgan fingerprint density at radius 3 is 2.53 bits per heavy atom. The Kier molecular flexibility index (Phi) is 3.46. The van der Waals surface area contributed by atoms with Gasteiger partial charge in [-0.05, 0) is 36.4 Å². The molecule has 5 heteroatoms. The minimum atomic E-state index is -0.368. The van der Waals surface area contributed by atoms with Gasteiger partial charge in [0.15, 0.2) is 5.76 Å². The zero-order valence-corrected chi connectivity index (χ0v) is 9.57. The van der Waals surface area contributed by atoms with Crippen LogP contribution in [0, 0.1) is 0 Å². The van der Waals surface area contributed by atoms with Gasteiger partial charge in [0.2, 0.25) is 0 Å². The highest BCUT2D eigenvalue weighted by Gasteiger charge is 2.10. The highest BCUT2D eigenvalue weighted by molar-refractivity contribution is 6.30. The van der Waals surface area contributed by atoms with Crippen molar-refractivity contribution in [2.24, 2.45) is 0 Å². The SMILES string of the molecule is O=C(Nc1ccc(Cl)cc1)c1ccc(CO)o1. The van der Waals surface area contributed by atoms with Crippen molar-refractivity contribution >= 4 is 23.2 Å². The first kappa shape index (κ1) is 11.7. The number of benzene rings is 1. The van der Waals surface area contributed by atoms with Crippen molar-refractivity contribution in [3.8, 4) is 0 Å². The molecule has 2 rings (SSSR count). The number of carbonyl (C=O) groups is 1. The second-order valence-corrected chi connectivity index (χ2v) is 3.82. The third-order valence-corrected chi connectivity index (χ3v) is 2.40. The fourth-order valence-electron chi connectivity index (χ4n) is 1.31. The third-order valence-electron chi connectivity index (χ3n) is 2.14. The molecule has 0 bridgehead atoms. The Morgan fingerprint density at radius 2 is 1.94 bits per heavy atom. The summed E-state index contributed by atoms with van der Waals surface area (Å²) < 4.78 is 5.10. The van der Waals surface area contributed by atoms with E-state index in [1.807, 2.05) is 0 Å². The molecule has 0 unspecified atom stereocenters. The van der Waals surface area contributed by atoms with E-state index in [4.69, 9.17) is 21.1 Å². The Bertz CT molecular complexity index is 519. The molecule has 0 aliphatic rings. The molecule has 0 aliphatic heterocycles. The maximum Gasteiger partial charge on any atom is 0.291 e. The summed E-state index contributed by atoms with van der Waals surface area (Å²) in [5.74, 6) is 0.141. The van der Waals surface area contributed by atoms with Gasteiger partial charge in [0.1, 0.15) is 12.4 Å². The van der Waals surface area contributed by atoms with Gasteiger partial charge >= 0.3 is 0 Å². The molecule has 1 amide bonds. The molecule has 0 fully saturated rings. The molecule has 0 radical (unpaired) electrons. The minimum absolute atomic E-state index is 0.156. The van der Waals surface area contributed by atoms with Gasteiger partial charge in [0.25, 0.3) is 5.91 Å². The lowest BCUT2D eigenvalue weighted by atomic mass is 10.3. The third kappa shape index (κ3) is 2.87. The molecule has 88 valence electrons. The van der Waals surface area contributed by atoms with E-state index in [1.165, 1.54) is 6.07 Å². The smallest absolute Gasteiger partial charge is 0.291 e. The van der Waals surface area contributed by atoms with Crippen molar-refractivity contribution in [2.75, 3.05) is 5.32 Å². The highest BCUT2D eigenvalue weighted by Crippen LogP contribution is 2.15. The van der Waals surface area contributed by atoms with Crippen LogP contribution in [0.5, 0.6) is 0 Å². The molecule has 0 spiro atoms. The second-order valence-electron chi connectivity index (χ2n) is 3.39. The standard InChI is InChI=1S/C12H10ClNO3/c13-8-1-3-9(4-2-8)14-12(16)11-6-5-10(7-15)17-11/h1-6,15H,7H2,(H,14,16). The largest absolute Gasteiger partial charge is 0.453 e. The fourth-order valence-corrected chi connectivity index (χ4v) is 1.44. The molecule has 1 aromatic carbocycles. The number of rotatable bonds is 3. The summed E-state index contributed by atoms with van der Waals surface area (Å²) in [6.45, 7) is -0.228. The van der Waals surface area contributed by atoms with Crippen LogP contribution in [0.4, 0.5) is 5.69 Å². The van der Waals surface area contributed by atoms with Crippen LogP contribution >= 0.6 is 11.6 Å². The number of anilines is 1. The maximum absolute atomic E-state index is 11.7. The van der Waals surface area contributed by atoms with Gasteiger partial charge in [0, 0.05) is 10.7 Å². The van der Waals surface area contributed by atoms with Crippen molar-refractivity contribution < 1.29 is 14.3 Å². The first-order chi connectivity index (χ1) is 8.19. The van der Waals surface area contributed by atoms with Crippen molar-refractivity contribution in [3.05, 3.63) is 52.9 Å². The summed E-state index contributed by atoms with van der Waals surface area (Å²) >= 11 is 5.73. The number of halogens is 1. The predicted octanol–water partition coefficient (Wildman–Crippen LogP) is 2.68. The van der Waals surface area contributed by atoms with E-state index >= 15 is 0 Å².